The first-order valence-electron chi connectivity index (χ1n) is 19.7. The van der Waals surface area contributed by atoms with Gasteiger partial charge in [0.25, 0.3) is 0 Å². The number of ether oxygens (including phenoxy) is 1. The van der Waals surface area contributed by atoms with Crippen LogP contribution in [0.4, 0.5) is 0 Å². The van der Waals surface area contributed by atoms with Crippen molar-refractivity contribution in [3.8, 4) is 17.2 Å². The Balaban J connectivity index is 1.14. The minimum absolute atomic E-state index is 0.00504. The largest absolute Gasteiger partial charge is 0.507 e. The summed E-state index contributed by atoms with van der Waals surface area (Å²) in [6.45, 7) is 20.4. The Morgan fingerprint density at radius 2 is 1.54 bits per heavy atom. The van der Waals surface area contributed by atoms with E-state index in [1.54, 1.807) is 13.0 Å². The average molecular weight is 709 g/mol. The van der Waals surface area contributed by atoms with Crippen LogP contribution in [0.1, 0.15) is 143 Å². The Morgan fingerprint density at radius 3 is 2.25 bits per heavy atom. The van der Waals surface area contributed by atoms with Crippen molar-refractivity contribution in [2.24, 2.45) is 56.7 Å². The number of esters is 1. The Kier molecular flexibility index (Phi) is 7.72. The van der Waals surface area contributed by atoms with E-state index < -0.39 is 22.7 Å². The number of phenols is 2. The topological polar surface area (TPSA) is 121 Å². The van der Waals surface area contributed by atoms with Crippen LogP contribution in [0.3, 0.4) is 0 Å². The van der Waals surface area contributed by atoms with Gasteiger partial charge in [0.05, 0.1) is 22.6 Å². The van der Waals surface area contributed by atoms with Gasteiger partial charge in [0.15, 0.2) is 17.3 Å². The first kappa shape index (κ1) is 35.6. The van der Waals surface area contributed by atoms with E-state index in [2.05, 4.69) is 48.1 Å². The van der Waals surface area contributed by atoms with Crippen LogP contribution in [0.5, 0.6) is 17.2 Å². The summed E-state index contributed by atoms with van der Waals surface area (Å²) in [6, 6.07) is 5.86. The standard InChI is InChI=1S/C45H56O7/c1-23(2)25-13-18-45(40(51)52-30-11-9-26-35(38(30)49)39(50)34-27(37(26)48)21-24(3)22-29(34)46)20-19-43(7)28(36(25)45)10-12-32-42(6)16-15-33(47)41(4,5)31(42)14-17-44(32,43)8/h9,11,21-22,25,28,31-33,36,46-47,49H,1,10,12-20H2,2-8H3/t25-,28?,31?,32?,33?,36?,42?,43+,44+,45?/m0/s1. The summed E-state index contributed by atoms with van der Waals surface area (Å²) >= 11 is 0. The molecule has 0 bridgehead atoms. The molecule has 0 amide bonds. The smallest absolute Gasteiger partial charge is 0.317 e. The molecule has 2 aromatic carbocycles. The second-order valence-electron chi connectivity index (χ2n) is 19.3. The number of aryl methyl sites for hydroxylation is 1. The van der Waals surface area contributed by atoms with E-state index in [0.717, 1.165) is 56.9 Å². The zero-order chi connectivity index (χ0) is 37.5. The Bertz CT molecular complexity index is 1940. The molecule has 2 aromatic rings. The number of rotatable bonds is 3. The molecule has 0 heterocycles. The Hall–Kier alpha value is -3.45. The predicted molar refractivity (Wildman–Crippen MR) is 198 cm³/mol. The number of fused-ring (bicyclic) bond motifs is 9. The van der Waals surface area contributed by atoms with Crippen molar-refractivity contribution in [3.63, 3.8) is 0 Å². The third-order valence-corrected chi connectivity index (χ3v) is 17.0. The molecule has 0 spiro atoms. The monoisotopic (exact) mass is 708 g/mol. The number of ketones is 2. The molecule has 5 fully saturated rings. The first-order valence-corrected chi connectivity index (χ1v) is 19.7. The molecule has 0 aromatic heterocycles. The molecule has 5 saturated carbocycles. The number of hydrogen-bond acceptors (Lipinski definition) is 7. The zero-order valence-electron chi connectivity index (χ0n) is 32.0. The fourth-order valence-electron chi connectivity index (χ4n) is 14.2. The van der Waals surface area contributed by atoms with Crippen molar-refractivity contribution < 1.29 is 34.4 Å². The van der Waals surface area contributed by atoms with Gasteiger partial charge < -0.3 is 20.1 Å². The van der Waals surface area contributed by atoms with E-state index in [4.69, 9.17) is 4.74 Å². The third-order valence-electron chi connectivity index (χ3n) is 17.0. The van der Waals surface area contributed by atoms with E-state index in [1.165, 1.54) is 18.2 Å². The van der Waals surface area contributed by atoms with Crippen molar-refractivity contribution in [3.05, 3.63) is 64.2 Å². The molecule has 6 aliphatic rings. The lowest BCUT2D eigenvalue weighted by molar-refractivity contribution is -0.247. The van der Waals surface area contributed by atoms with Gasteiger partial charge in [-0.25, -0.2) is 0 Å². The van der Waals surface area contributed by atoms with Crippen LogP contribution in [-0.4, -0.2) is 39.0 Å². The molecule has 0 aliphatic heterocycles. The van der Waals surface area contributed by atoms with Crippen LogP contribution in [-0.2, 0) is 4.79 Å². The number of phenolic OH excluding ortho intramolecular Hbond substituents is 2. The summed E-state index contributed by atoms with van der Waals surface area (Å²) < 4.78 is 6.20. The second-order valence-corrected chi connectivity index (χ2v) is 19.3. The van der Waals surface area contributed by atoms with E-state index >= 15 is 0 Å². The van der Waals surface area contributed by atoms with Gasteiger partial charge >= 0.3 is 5.97 Å². The highest BCUT2D eigenvalue weighted by molar-refractivity contribution is 6.30. The van der Waals surface area contributed by atoms with Crippen molar-refractivity contribution in [1.82, 2.24) is 0 Å². The molecule has 7 unspecified atom stereocenters. The van der Waals surface area contributed by atoms with E-state index in [0.29, 0.717) is 36.2 Å². The number of allylic oxidation sites excluding steroid dienone is 1. The van der Waals surface area contributed by atoms with Crippen molar-refractivity contribution >= 4 is 17.5 Å². The predicted octanol–water partition coefficient (Wildman–Crippen LogP) is 9.11. The number of aliphatic hydroxyl groups excluding tert-OH is 1. The zero-order valence-corrected chi connectivity index (χ0v) is 32.0. The Labute approximate surface area is 308 Å². The highest BCUT2D eigenvalue weighted by atomic mass is 16.5. The van der Waals surface area contributed by atoms with Gasteiger partial charge in [-0.2, -0.15) is 0 Å². The van der Waals surface area contributed by atoms with Crippen LogP contribution in [0.25, 0.3) is 0 Å². The van der Waals surface area contributed by atoms with Gasteiger partial charge in [0.2, 0.25) is 5.78 Å². The number of carbonyl (C=O) groups excluding carboxylic acids is 3. The van der Waals surface area contributed by atoms with Gasteiger partial charge in [0.1, 0.15) is 5.75 Å². The maximum absolute atomic E-state index is 14.8. The number of hydrogen-bond donors (Lipinski definition) is 3. The maximum atomic E-state index is 14.8. The molecule has 7 nitrogen and oxygen atoms in total. The lowest BCUT2D eigenvalue weighted by Crippen LogP contribution is -2.67. The summed E-state index contributed by atoms with van der Waals surface area (Å²) in [5, 5.41) is 33.3. The first-order chi connectivity index (χ1) is 24.3. The molecule has 52 heavy (non-hydrogen) atoms. The molecule has 278 valence electrons. The fourth-order valence-corrected chi connectivity index (χ4v) is 14.2. The van der Waals surface area contributed by atoms with Crippen LogP contribution >= 0.6 is 0 Å². The van der Waals surface area contributed by atoms with Crippen molar-refractivity contribution in [1.29, 1.82) is 0 Å². The molecular weight excluding hydrogens is 652 g/mol. The summed E-state index contributed by atoms with van der Waals surface area (Å²) in [7, 11) is 0. The van der Waals surface area contributed by atoms with Gasteiger partial charge in [-0.1, -0.05) is 46.8 Å². The summed E-state index contributed by atoms with van der Waals surface area (Å²) in [5.41, 5.74) is 0.835. The quantitative estimate of drug-likeness (QED) is 0.141. The molecular formula is C45H56O7. The SMILES string of the molecule is C=C(C)[C@@H]1CCC2(C(=O)Oc3ccc4c(c3O)C(=O)c3c(O)cc(C)cc3C4=O)CC[C@]3(C)C(CCC4C5(C)CCC(O)C(C)(C)C5CC[C@]43C)C12. The molecule has 8 rings (SSSR count). The number of carbonyl (C=O) groups is 3. The van der Waals surface area contributed by atoms with Crippen molar-refractivity contribution in [2.45, 2.75) is 119 Å². The second kappa shape index (κ2) is 11.3. The van der Waals surface area contributed by atoms with E-state index in [1.807, 2.05) is 0 Å². The molecule has 0 saturated heterocycles. The number of benzene rings is 2. The van der Waals surface area contributed by atoms with E-state index in [9.17, 15) is 29.7 Å². The molecule has 3 N–H and O–H groups in total. The van der Waals surface area contributed by atoms with Gasteiger partial charge in [-0.05, 0) is 159 Å². The molecule has 6 aliphatic carbocycles. The highest BCUT2D eigenvalue weighted by Gasteiger charge is 2.72. The average Bonchev–Trinajstić information content (AvgIpc) is 3.48. The maximum Gasteiger partial charge on any atom is 0.317 e. The van der Waals surface area contributed by atoms with E-state index in [-0.39, 0.29) is 79.3 Å². The number of aromatic hydroxyl groups is 2. The third kappa shape index (κ3) is 4.38. The number of aliphatic hydroxyl groups is 1. The van der Waals surface area contributed by atoms with Crippen LogP contribution in [0.15, 0.2) is 36.4 Å². The van der Waals surface area contributed by atoms with Crippen molar-refractivity contribution in [2.75, 3.05) is 0 Å². The summed E-state index contributed by atoms with van der Waals surface area (Å²) in [6.07, 6.45) is 9.14. The van der Waals surface area contributed by atoms with Crippen LogP contribution < -0.4 is 4.74 Å². The van der Waals surface area contributed by atoms with Crippen LogP contribution in [0, 0.1) is 63.6 Å². The summed E-state index contributed by atoms with van der Waals surface area (Å²) in [5.74, 6) is -0.998. The fraction of sp³-hybridized carbons (Fsp3) is 0.622. The lowest BCUT2D eigenvalue weighted by Gasteiger charge is -2.72. The lowest BCUT2D eigenvalue weighted by atomic mass is 9.32. The van der Waals surface area contributed by atoms with Crippen LogP contribution in [0.2, 0.25) is 0 Å². The molecule has 7 heteroatoms. The Morgan fingerprint density at radius 1 is 0.808 bits per heavy atom. The normalized spacial score (nSPS) is 40.0. The molecule has 0 radical (unpaired) electrons. The molecule has 10 atom stereocenters. The minimum Gasteiger partial charge on any atom is -0.507 e. The minimum atomic E-state index is -0.764. The van der Waals surface area contributed by atoms with Gasteiger partial charge in [-0.3, -0.25) is 14.4 Å². The summed E-state index contributed by atoms with van der Waals surface area (Å²) in [4.78, 5) is 42.0. The van der Waals surface area contributed by atoms with Gasteiger partial charge in [-0.15, -0.1) is 0 Å². The highest BCUT2D eigenvalue weighted by Crippen LogP contribution is 2.77. The van der Waals surface area contributed by atoms with Gasteiger partial charge in [0, 0.05) is 11.1 Å².